The topological polar surface area (TPSA) is 90.4 Å². The van der Waals surface area contributed by atoms with Crippen LogP contribution in [0.5, 0.6) is 0 Å². The Morgan fingerprint density at radius 2 is 1.47 bits per heavy atom. The lowest BCUT2D eigenvalue weighted by Gasteiger charge is -2.12. The summed E-state index contributed by atoms with van der Waals surface area (Å²) in [5.74, 6) is 9.74. The standard InChI is InChI=1S/C14H31N3O2/c1-2-3-4-5-6-7-8-9-10-11-12-13(19-16)14(18)17-15/h13H,2-12,15-16H2,1H3,(H,17,18). The Labute approximate surface area is 117 Å². The van der Waals surface area contributed by atoms with Crippen LogP contribution in [0.4, 0.5) is 0 Å². The number of carbonyl (C=O) groups is 1. The van der Waals surface area contributed by atoms with Crippen LogP contribution >= 0.6 is 0 Å². The summed E-state index contributed by atoms with van der Waals surface area (Å²) in [5.41, 5.74) is 2.06. The van der Waals surface area contributed by atoms with Crippen LogP contribution in [0.3, 0.4) is 0 Å². The highest BCUT2D eigenvalue weighted by molar-refractivity contribution is 5.79. The molecule has 0 saturated heterocycles. The third-order valence-electron chi connectivity index (χ3n) is 3.42. The molecule has 5 nitrogen and oxygen atoms in total. The Balaban J connectivity index is 3.28. The largest absolute Gasteiger partial charge is 0.292 e. The highest BCUT2D eigenvalue weighted by atomic mass is 16.6. The predicted octanol–water partition coefficient (Wildman–Crippen LogP) is 2.55. The second kappa shape index (κ2) is 13.8. The van der Waals surface area contributed by atoms with Crippen molar-refractivity contribution in [2.75, 3.05) is 0 Å². The third-order valence-corrected chi connectivity index (χ3v) is 3.42. The second-order valence-electron chi connectivity index (χ2n) is 5.10. The molecule has 0 bridgehead atoms. The molecule has 0 aromatic heterocycles. The van der Waals surface area contributed by atoms with Crippen LogP contribution in [0.25, 0.3) is 0 Å². The number of carbonyl (C=O) groups excluding carboxylic acids is 1. The highest BCUT2D eigenvalue weighted by Crippen LogP contribution is 2.12. The van der Waals surface area contributed by atoms with Crippen molar-refractivity contribution < 1.29 is 9.63 Å². The average Bonchev–Trinajstić information content (AvgIpc) is 2.44. The van der Waals surface area contributed by atoms with E-state index in [-0.39, 0.29) is 5.91 Å². The van der Waals surface area contributed by atoms with E-state index in [0.29, 0.717) is 6.42 Å². The summed E-state index contributed by atoms with van der Waals surface area (Å²) in [7, 11) is 0. The molecule has 0 spiro atoms. The van der Waals surface area contributed by atoms with Gasteiger partial charge >= 0.3 is 0 Å². The Bertz CT molecular complexity index is 213. The van der Waals surface area contributed by atoms with Crippen LogP contribution in [-0.2, 0) is 9.63 Å². The Morgan fingerprint density at radius 3 is 1.89 bits per heavy atom. The molecule has 0 aliphatic heterocycles. The van der Waals surface area contributed by atoms with Crippen LogP contribution in [0.1, 0.15) is 77.6 Å². The zero-order valence-corrected chi connectivity index (χ0v) is 12.3. The maximum Gasteiger partial charge on any atom is 0.265 e. The number of rotatable bonds is 13. The minimum absolute atomic E-state index is 0.349. The number of amides is 1. The molecule has 0 aromatic rings. The van der Waals surface area contributed by atoms with Gasteiger partial charge in [0.15, 0.2) is 6.10 Å². The van der Waals surface area contributed by atoms with Crippen molar-refractivity contribution in [2.24, 2.45) is 11.7 Å². The van der Waals surface area contributed by atoms with Crippen molar-refractivity contribution in [3.05, 3.63) is 0 Å². The molecule has 1 unspecified atom stereocenters. The van der Waals surface area contributed by atoms with Gasteiger partial charge in [-0.05, 0) is 6.42 Å². The lowest BCUT2D eigenvalue weighted by Crippen LogP contribution is -2.41. The van der Waals surface area contributed by atoms with Crippen molar-refractivity contribution in [3.8, 4) is 0 Å². The number of nitrogens with one attached hydrogen (secondary N) is 1. The number of unbranched alkanes of at least 4 members (excludes halogenated alkanes) is 9. The summed E-state index contributed by atoms with van der Waals surface area (Å²) >= 11 is 0. The minimum Gasteiger partial charge on any atom is -0.292 e. The number of nitrogens with two attached hydrogens (primary N) is 2. The van der Waals surface area contributed by atoms with Crippen molar-refractivity contribution in [3.63, 3.8) is 0 Å². The third kappa shape index (κ3) is 10.9. The summed E-state index contributed by atoms with van der Waals surface area (Å²) in [5, 5.41) is 0. The van der Waals surface area contributed by atoms with Gasteiger partial charge in [0, 0.05) is 0 Å². The molecule has 5 N–H and O–H groups in total. The maximum absolute atomic E-state index is 11.2. The lowest BCUT2D eigenvalue weighted by atomic mass is 10.0. The van der Waals surface area contributed by atoms with Gasteiger partial charge in [-0.3, -0.25) is 15.1 Å². The zero-order valence-electron chi connectivity index (χ0n) is 12.3. The molecule has 0 heterocycles. The smallest absolute Gasteiger partial charge is 0.265 e. The molecule has 0 aliphatic carbocycles. The fourth-order valence-electron chi connectivity index (χ4n) is 2.17. The molecule has 5 heteroatoms. The Morgan fingerprint density at radius 1 is 1.00 bits per heavy atom. The molecule has 1 amide bonds. The van der Waals surface area contributed by atoms with Gasteiger partial charge in [0.2, 0.25) is 0 Å². The molecule has 19 heavy (non-hydrogen) atoms. The predicted molar refractivity (Wildman–Crippen MR) is 77.9 cm³/mol. The number of hydrogen-bond donors (Lipinski definition) is 3. The zero-order chi connectivity index (χ0) is 14.3. The van der Waals surface area contributed by atoms with Crippen LogP contribution in [0.15, 0.2) is 0 Å². The SMILES string of the molecule is CCCCCCCCCCCCC(ON)C(=O)NN. The first-order valence-corrected chi connectivity index (χ1v) is 7.62. The van der Waals surface area contributed by atoms with E-state index in [4.69, 9.17) is 11.7 Å². The molecule has 0 saturated carbocycles. The van der Waals surface area contributed by atoms with Crippen molar-refractivity contribution in [1.82, 2.24) is 5.43 Å². The van der Waals surface area contributed by atoms with E-state index in [1.807, 2.05) is 0 Å². The molecule has 1 atom stereocenters. The minimum atomic E-state index is -0.612. The van der Waals surface area contributed by atoms with Crippen molar-refractivity contribution >= 4 is 5.91 Å². The number of hydrazine groups is 1. The summed E-state index contributed by atoms with van der Waals surface area (Å²) in [6.45, 7) is 2.24. The molecule has 0 radical (unpaired) electrons. The van der Waals surface area contributed by atoms with Gasteiger partial charge < -0.3 is 0 Å². The van der Waals surface area contributed by atoms with E-state index in [0.717, 1.165) is 12.8 Å². The Kier molecular flexibility index (Phi) is 13.3. The van der Waals surface area contributed by atoms with Gasteiger partial charge in [0.25, 0.3) is 5.91 Å². The normalized spacial score (nSPS) is 12.4. The van der Waals surface area contributed by atoms with Crippen LogP contribution in [-0.4, -0.2) is 12.0 Å². The molecule has 0 fully saturated rings. The van der Waals surface area contributed by atoms with Gasteiger partial charge in [-0.15, -0.1) is 0 Å². The van der Waals surface area contributed by atoms with E-state index < -0.39 is 6.10 Å². The fourth-order valence-corrected chi connectivity index (χ4v) is 2.17. The molecular weight excluding hydrogens is 242 g/mol. The molecule has 0 aromatic carbocycles. The van der Waals surface area contributed by atoms with Crippen LogP contribution < -0.4 is 17.2 Å². The molecular formula is C14H31N3O2. The van der Waals surface area contributed by atoms with Gasteiger partial charge in [-0.1, -0.05) is 71.1 Å². The van der Waals surface area contributed by atoms with Crippen molar-refractivity contribution in [1.29, 1.82) is 0 Å². The first kappa shape index (κ1) is 18.4. The highest BCUT2D eigenvalue weighted by Gasteiger charge is 2.16. The quantitative estimate of drug-likeness (QED) is 0.208. The van der Waals surface area contributed by atoms with Gasteiger partial charge in [0.1, 0.15) is 0 Å². The lowest BCUT2D eigenvalue weighted by molar-refractivity contribution is -0.133. The van der Waals surface area contributed by atoms with E-state index in [1.165, 1.54) is 51.4 Å². The summed E-state index contributed by atoms with van der Waals surface area (Å²) in [6, 6.07) is 0. The second-order valence-corrected chi connectivity index (χ2v) is 5.10. The van der Waals surface area contributed by atoms with Crippen molar-refractivity contribution in [2.45, 2.75) is 83.7 Å². The first-order chi connectivity index (χ1) is 9.26. The van der Waals surface area contributed by atoms with Gasteiger partial charge in [-0.25, -0.2) is 11.7 Å². The summed E-state index contributed by atoms with van der Waals surface area (Å²) < 4.78 is 0. The Hall–Kier alpha value is -0.650. The van der Waals surface area contributed by atoms with E-state index in [1.54, 1.807) is 0 Å². The summed E-state index contributed by atoms with van der Waals surface area (Å²) in [6.07, 6.45) is 12.7. The van der Waals surface area contributed by atoms with E-state index >= 15 is 0 Å². The maximum atomic E-state index is 11.2. The molecule has 0 rings (SSSR count). The van der Waals surface area contributed by atoms with E-state index in [9.17, 15) is 4.79 Å². The van der Waals surface area contributed by atoms with Gasteiger partial charge in [-0.2, -0.15) is 0 Å². The first-order valence-electron chi connectivity index (χ1n) is 7.62. The molecule has 114 valence electrons. The van der Waals surface area contributed by atoms with E-state index in [2.05, 4.69) is 17.2 Å². The summed E-state index contributed by atoms with van der Waals surface area (Å²) in [4.78, 5) is 15.8. The average molecular weight is 273 g/mol. The molecule has 0 aliphatic rings. The monoisotopic (exact) mass is 273 g/mol. The fraction of sp³-hybridized carbons (Fsp3) is 0.929. The van der Waals surface area contributed by atoms with Crippen LogP contribution in [0.2, 0.25) is 0 Å². The number of hydrogen-bond acceptors (Lipinski definition) is 4. The van der Waals surface area contributed by atoms with Crippen LogP contribution in [0, 0.1) is 0 Å². The van der Waals surface area contributed by atoms with Gasteiger partial charge in [0.05, 0.1) is 0 Å².